The molecule has 27 heavy (non-hydrogen) atoms. The van der Waals surface area contributed by atoms with E-state index < -0.39 is 11.9 Å². The first kappa shape index (κ1) is 18.0. The number of hydrogen-bond acceptors (Lipinski definition) is 3. The van der Waals surface area contributed by atoms with Gasteiger partial charge in [0.05, 0.1) is 12.1 Å². The van der Waals surface area contributed by atoms with Gasteiger partial charge in [0.15, 0.2) is 11.5 Å². The lowest BCUT2D eigenvalue weighted by Crippen LogP contribution is -2.31. The van der Waals surface area contributed by atoms with E-state index in [9.17, 15) is 17.6 Å². The van der Waals surface area contributed by atoms with Gasteiger partial charge in [0, 0.05) is 25.7 Å². The summed E-state index contributed by atoms with van der Waals surface area (Å²) in [5.74, 6) is 1.02. The number of fused-ring (bicyclic) bond motifs is 2. The molecule has 1 unspecified atom stereocenters. The molecule has 1 N–H and O–H groups in total. The fraction of sp³-hybridized carbons (Fsp3) is 0.444. The van der Waals surface area contributed by atoms with Crippen LogP contribution in [0.25, 0.3) is 11.0 Å². The summed E-state index contributed by atoms with van der Waals surface area (Å²) in [6.45, 7) is 1.73. The second-order valence-corrected chi connectivity index (χ2v) is 7.11. The number of para-hydroxylation sites is 1. The van der Waals surface area contributed by atoms with Crippen molar-refractivity contribution in [3.8, 4) is 0 Å². The van der Waals surface area contributed by atoms with Gasteiger partial charge >= 0.3 is 6.18 Å². The van der Waals surface area contributed by atoms with Gasteiger partial charge in [-0.05, 0) is 31.5 Å². The van der Waals surface area contributed by atoms with E-state index in [0.717, 1.165) is 12.6 Å². The van der Waals surface area contributed by atoms with E-state index in [1.54, 1.807) is 16.7 Å². The third-order valence-electron chi connectivity index (χ3n) is 4.88. The number of nitrogens with one attached hydrogen (secondary N) is 1. The van der Waals surface area contributed by atoms with Crippen LogP contribution in [-0.2, 0) is 25.7 Å². The molecule has 0 amide bonds. The molecule has 0 saturated heterocycles. The Kier molecular flexibility index (Phi) is 4.41. The van der Waals surface area contributed by atoms with E-state index in [-0.39, 0.29) is 11.7 Å². The van der Waals surface area contributed by atoms with Gasteiger partial charge in [-0.2, -0.15) is 13.2 Å². The van der Waals surface area contributed by atoms with Crippen molar-refractivity contribution in [2.45, 2.75) is 32.1 Å². The summed E-state index contributed by atoms with van der Waals surface area (Å²) in [6.07, 6.45) is -1.99. The van der Waals surface area contributed by atoms with Crippen molar-refractivity contribution in [3.63, 3.8) is 0 Å². The van der Waals surface area contributed by atoms with Gasteiger partial charge < -0.3 is 9.55 Å². The van der Waals surface area contributed by atoms with Crippen LogP contribution < -0.4 is 0 Å². The zero-order valence-electron chi connectivity index (χ0n) is 14.7. The van der Waals surface area contributed by atoms with E-state index in [1.807, 2.05) is 11.9 Å². The first-order valence-electron chi connectivity index (χ1n) is 8.74. The number of aryl methyl sites for hydroxylation is 1. The van der Waals surface area contributed by atoms with E-state index >= 15 is 0 Å². The minimum Gasteiger partial charge on any atom is -0.341 e. The van der Waals surface area contributed by atoms with Crippen LogP contribution in [0.4, 0.5) is 17.6 Å². The molecule has 0 aliphatic carbocycles. The van der Waals surface area contributed by atoms with Crippen molar-refractivity contribution >= 4 is 11.0 Å². The van der Waals surface area contributed by atoms with Crippen molar-refractivity contribution in [1.29, 1.82) is 0 Å². The monoisotopic (exact) mass is 381 g/mol. The van der Waals surface area contributed by atoms with Crippen molar-refractivity contribution < 1.29 is 17.6 Å². The Balaban J connectivity index is 1.40. The molecule has 2 aromatic heterocycles. The van der Waals surface area contributed by atoms with E-state index in [4.69, 9.17) is 0 Å². The Morgan fingerprint density at radius 2 is 2.11 bits per heavy atom. The van der Waals surface area contributed by atoms with Crippen LogP contribution in [-0.4, -0.2) is 38.0 Å². The molecule has 0 bridgehead atoms. The van der Waals surface area contributed by atoms with Crippen LogP contribution in [0.3, 0.4) is 0 Å². The number of alkyl halides is 3. The number of aromatic amines is 1. The fourth-order valence-corrected chi connectivity index (χ4v) is 3.68. The maximum absolute atomic E-state index is 13.8. The summed E-state index contributed by atoms with van der Waals surface area (Å²) in [7, 11) is 1.92. The largest absolute Gasteiger partial charge is 0.434 e. The standard InChI is InChI=1S/C18H19F4N5/c1-26(10-15-23-13-4-2-3-12(19)17(13)25-15)7-11-5-6-16-24-14(18(20,21)22)9-27(16)8-11/h2-4,9,11H,5-8,10H2,1H3,(H,23,25). The van der Waals surface area contributed by atoms with Crippen molar-refractivity contribution in [1.82, 2.24) is 24.4 Å². The van der Waals surface area contributed by atoms with Gasteiger partial charge in [-0.3, -0.25) is 4.90 Å². The normalized spacial score (nSPS) is 17.6. The fourth-order valence-electron chi connectivity index (χ4n) is 3.68. The number of nitrogens with zero attached hydrogens (tertiary/aromatic N) is 4. The molecule has 0 spiro atoms. The number of hydrogen-bond donors (Lipinski definition) is 1. The van der Waals surface area contributed by atoms with Crippen LogP contribution in [0.5, 0.6) is 0 Å². The Morgan fingerprint density at radius 3 is 2.85 bits per heavy atom. The maximum atomic E-state index is 13.8. The molecule has 144 valence electrons. The predicted octanol–water partition coefficient (Wildman–Crippen LogP) is 3.61. The molecule has 0 saturated carbocycles. The van der Waals surface area contributed by atoms with E-state index in [0.29, 0.717) is 48.7 Å². The minimum absolute atomic E-state index is 0.221. The Labute approximate surface area is 153 Å². The molecular weight excluding hydrogens is 362 g/mol. The molecule has 9 heteroatoms. The molecule has 1 aromatic carbocycles. The topological polar surface area (TPSA) is 49.7 Å². The van der Waals surface area contributed by atoms with Crippen molar-refractivity contribution in [2.24, 2.45) is 5.92 Å². The number of aromatic nitrogens is 4. The molecule has 3 aromatic rings. The highest BCUT2D eigenvalue weighted by molar-refractivity contribution is 5.75. The second kappa shape index (κ2) is 6.63. The molecule has 1 aliphatic heterocycles. The highest BCUT2D eigenvalue weighted by Gasteiger charge is 2.35. The smallest absolute Gasteiger partial charge is 0.341 e. The summed E-state index contributed by atoms with van der Waals surface area (Å²) < 4.78 is 53.8. The summed E-state index contributed by atoms with van der Waals surface area (Å²) >= 11 is 0. The zero-order valence-corrected chi connectivity index (χ0v) is 14.7. The number of rotatable bonds is 4. The molecule has 4 rings (SSSR count). The molecule has 5 nitrogen and oxygen atoms in total. The predicted molar refractivity (Wildman–Crippen MR) is 91.4 cm³/mol. The summed E-state index contributed by atoms with van der Waals surface area (Å²) in [6, 6.07) is 4.77. The van der Waals surface area contributed by atoms with Gasteiger partial charge in [0.2, 0.25) is 0 Å². The lowest BCUT2D eigenvalue weighted by atomic mass is 9.99. The van der Waals surface area contributed by atoms with Gasteiger partial charge in [-0.25, -0.2) is 14.4 Å². The number of H-pyrrole nitrogens is 1. The van der Waals surface area contributed by atoms with Crippen molar-refractivity contribution in [3.05, 3.63) is 47.6 Å². The van der Waals surface area contributed by atoms with Gasteiger partial charge in [0.1, 0.15) is 17.2 Å². The molecule has 0 radical (unpaired) electrons. The lowest BCUT2D eigenvalue weighted by molar-refractivity contribution is -0.141. The number of halogens is 4. The number of imidazole rings is 2. The Morgan fingerprint density at radius 1 is 1.30 bits per heavy atom. The van der Waals surface area contributed by atoms with Crippen LogP contribution >= 0.6 is 0 Å². The highest BCUT2D eigenvalue weighted by atomic mass is 19.4. The first-order chi connectivity index (χ1) is 12.8. The minimum atomic E-state index is -4.41. The third kappa shape index (κ3) is 3.69. The van der Waals surface area contributed by atoms with Gasteiger partial charge in [-0.1, -0.05) is 6.07 Å². The highest BCUT2D eigenvalue weighted by Crippen LogP contribution is 2.30. The first-order valence-corrected chi connectivity index (χ1v) is 8.74. The zero-order chi connectivity index (χ0) is 19.2. The lowest BCUT2D eigenvalue weighted by Gasteiger charge is -2.27. The van der Waals surface area contributed by atoms with Crippen LogP contribution in [0.2, 0.25) is 0 Å². The van der Waals surface area contributed by atoms with Crippen molar-refractivity contribution in [2.75, 3.05) is 13.6 Å². The SMILES string of the molecule is CN(Cc1nc2c(F)cccc2[nH]1)CC1CCc2nc(C(F)(F)F)cn2C1. The summed E-state index contributed by atoms with van der Waals surface area (Å²) in [4.78, 5) is 13.2. The van der Waals surface area contributed by atoms with Crippen LogP contribution in [0.1, 0.15) is 23.8 Å². The van der Waals surface area contributed by atoms with E-state index in [2.05, 4.69) is 15.0 Å². The average molecular weight is 381 g/mol. The number of benzene rings is 1. The quantitative estimate of drug-likeness (QED) is 0.703. The Bertz CT molecular complexity index is 958. The molecule has 0 fully saturated rings. The molecular formula is C18H19F4N5. The average Bonchev–Trinajstić information content (AvgIpc) is 3.18. The van der Waals surface area contributed by atoms with E-state index in [1.165, 1.54) is 6.07 Å². The molecule has 1 atom stereocenters. The molecule has 1 aliphatic rings. The van der Waals surface area contributed by atoms with Gasteiger partial charge in [-0.15, -0.1) is 0 Å². The maximum Gasteiger partial charge on any atom is 0.434 e. The van der Waals surface area contributed by atoms with Crippen LogP contribution in [0, 0.1) is 11.7 Å². The second-order valence-electron chi connectivity index (χ2n) is 7.11. The molecule has 3 heterocycles. The Hall–Kier alpha value is -2.42. The third-order valence-corrected chi connectivity index (χ3v) is 4.88. The van der Waals surface area contributed by atoms with Crippen LogP contribution in [0.15, 0.2) is 24.4 Å². The van der Waals surface area contributed by atoms with Gasteiger partial charge in [0.25, 0.3) is 0 Å². The summed E-state index contributed by atoms with van der Waals surface area (Å²) in [5.41, 5.74) is 0.149. The summed E-state index contributed by atoms with van der Waals surface area (Å²) in [5, 5.41) is 0.